The summed E-state index contributed by atoms with van der Waals surface area (Å²) < 4.78 is 114. The van der Waals surface area contributed by atoms with Crippen molar-refractivity contribution in [3.8, 4) is 16.9 Å². The number of rotatable bonds is 3. The minimum atomic E-state index is -1.65. The lowest BCUT2D eigenvalue weighted by Crippen LogP contribution is -1.97. The molecule has 0 radical (unpaired) electrons. The molecule has 0 aliphatic heterocycles. The Balaban J connectivity index is 0.000000248. The number of hydrogen-bond donors (Lipinski definition) is 0. The van der Waals surface area contributed by atoms with E-state index in [2.05, 4.69) is 4.94 Å². The fraction of sp³-hybridized carbons (Fsp3) is 0.100. The van der Waals surface area contributed by atoms with Crippen LogP contribution in [0.1, 0.15) is 11.1 Å². The van der Waals surface area contributed by atoms with Crippen LogP contribution in [-0.4, -0.2) is 0 Å². The smallest absolute Gasteiger partial charge is 0.194 e. The van der Waals surface area contributed by atoms with E-state index < -0.39 is 64.3 Å². The fourth-order valence-electron chi connectivity index (χ4n) is 2.43. The highest BCUT2D eigenvalue weighted by molar-refractivity contribution is 5.66. The van der Waals surface area contributed by atoms with Crippen molar-refractivity contribution >= 4 is 0 Å². The molecule has 10 heteroatoms. The van der Waals surface area contributed by atoms with Crippen LogP contribution in [0.3, 0.4) is 0 Å². The van der Waals surface area contributed by atoms with Gasteiger partial charge >= 0.3 is 0 Å². The number of alkyl halides is 1. The van der Waals surface area contributed by atoms with E-state index in [1.165, 1.54) is 6.92 Å². The Kier molecular flexibility index (Phi) is 7.36. The molecule has 0 bridgehead atoms. The maximum absolute atomic E-state index is 13.7. The van der Waals surface area contributed by atoms with Crippen LogP contribution in [-0.2, 0) is 6.67 Å². The molecule has 30 heavy (non-hydrogen) atoms. The van der Waals surface area contributed by atoms with Gasteiger partial charge in [0.25, 0.3) is 0 Å². The van der Waals surface area contributed by atoms with Crippen molar-refractivity contribution in [2.24, 2.45) is 0 Å². The summed E-state index contributed by atoms with van der Waals surface area (Å²) >= 11 is 0. The summed E-state index contributed by atoms with van der Waals surface area (Å²) in [5.74, 6) is -9.52. The highest BCUT2D eigenvalue weighted by Crippen LogP contribution is 2.30. The Labute approximate surface area is 164 Å². The van der Waals surface area contributed by atoms with E-state index in [-0.39, 0.29) is 5.56 Å². The average Bonchev–Trinajstić information content (AvgIpc) is 2.65. The van der Waals surface area contributed by atoms with Crippen LogP contribution in [0.4, 0.5) is 39.6 Å². The molecule has 3 rings (SSSR count). The summed E-state index contributed by atoms with van der Waals surface area (Å²) in [4.78, 5) is 2.98. The predicted octanol–water partition coefficient (Wildman–Crippen LogP) is 7.06. The van der Waals surface area contributed by atoms with Crippen LogP contribution in [0, 0.1) is 47.6 Å². The maximum Gasteiger partial charge on any atom is 0.194 e. The summed E-state index contributed by atoms with van der Waals surface area (Å²) in [6, 6.07) is 4.34. The zero-order valence-electron chi connectivity index (χ0n) is 15.0. The van der Waals surface area contributed by atoms with Crippen molar-refractivity contribution in [1.82, 2.24) is 0 Å². The third-order valence-corrected chi connectivity index (χ3v) is 3.80. The molecule has 1 nitrogen and oxygen atoms in total. The van der Waals surface area contributed by atoms with Gasteiger partial charge < -0.3 is 0 Å². The second-order valence-electron chi connectivity index (χ2n) is 5.93. The summed E-state index contributed by atoms with van der Waals surface area (Å²) in [5.41, 5.74) is -1.24. The minimum Gasteiger partial charge on any atom is -0.294 e. The molecule has 0 saturated carbocycles. The van der Waals surface area contributed by atoms with E-state index in [1.54, 1.807) is 0 Å². The lowest BCUT2D eigenvalue weighted by Gasteiger charge is -2.09. The molecule has 0 saturated heterocycles. The molecular weight excluding hydrogens is 427 g/mol. The molecular formula is C20H11F9O. The highest BCUT2D eigenvalue weighted by Gasteiger charge is 2.17. The Morgan fingerprint density at radius 2 is 1.13 bits per heavy atom. The van der Waals surface area contributed by atoms with Crippen LogP contribution >= 0.6 is 0 Å². The number of halogens is 9. The van der Waals surface area contributed by atoms with Crippen LogP contribution in [0.5, 0.6) is 5.75 Å². The van der Waals surface area contributed by atoms with Crippen LogP contribution < -0.4 is 4.94 Å². The van der Waals surface area contributed by atoms with E-state index in [9.17, 15) is 39.6 Å². The SMILES string of the molecule is Cc1cc(F)c(-c2cc(F)c(CF)c(F)c2)c(F)c1.FOc1cc(F)c(F)c(F)c1. The van der Waals surface area contributed by atoms with E-state index in [4.69, 9.17) is 0 Å². The molecule has 0 fully saturated rings. The summed E-state index contributed by atoms with van der Waals surface area (Å²) in [5, 5.41) is 0. The number of hydrogen-bond acceptors (Lipinski definition) is 1. The Hall–Kier alpha value is -3.17. The average molecular weight is 438 g/mol. The quantitative estimate of drug-likeness (QED) is 0.314. The van der Waals surface area contributed by atoms with Crippen LogP contribution in [0.15, 0.2) is 36.4 Å². The third-order valence-electron chi connectivity index (χ3n) is 3.80. The zero-order chi connectivity index (χ0) is 22.6. The monoisotopic (exact) mass is 438 g/mol. The van der Waals surface area contributed by atoms with Gasteiger partial charge in [-0.05, 0) is 42.3 Å². The first-order chi connectivity index (χ1) is 14.1. The summed E-state index contributed by atoms with van der Waals surface area (Å²) in [6.45, 7) is 0.167. The zero-order valence-corrected chi connectivity index (χ0v) is 15.0. The van der Waals surface area contributed by atoms with Gasteiger partial charge in [0.1, 0.15) is 29.9 Å². The van der Waals surface area contributed by atoms with E-state index in [1.807, 2.05) is 0 Å². The molecule has 0 aliphatic carbocycles. The van der Waals surface area contributed by atoms with Gasteiger partial charge in [0.05, 0.1) is 11.1 Å². The molecule has 0 N–H and O–H groups in total. The Morgan fingerprint density at radius 3 is 1.53 bits per heavy atom. The van der Waals surface area contributed by atoms with Crippen molar-refractivity contribution in [3.63, 3.8) is 0 Å². The second kappa shape index (κ2) is 9.55. The fourth-order valence-corrected chi connectivity index (χ4v) is 2.43. The van der Waals surface area contributed by atoms with Crippen molar-refractivity contribution in [2.45, 2.75) is 13.6 Å². The third kappa shape index (κ3) is 5.05. The molecule has 0 amide bonds. The lowest BCUT2D eigenvalue weighted by atomic mass is 10.0. The van der Waals surface area contributed by atoms with Gasteiger partial charge in [-0.1, -0.05) is 0 Å². The first-order valence-electron chi connectivity index (χ1n) is 8.02. The molecule has 0 aliphatic rings. The molecule has 0 unspecified atom stereocenters. The second-order valence-corrected chi connectivity index (χ2v) is 5.93. The van der Waals surface area contributed by atoms with E-state index in [0.29, 0.717) is 17.7 Å². The van der Waals surface area contributed by atoms with Gasteiger partial charge in [0, 0.05) is 16.7 Å². The van der Waals surface area contributed by atoms with E-state index in [0.717, 1.165) is 24.3 Å². The Bertz CT molecular complexity index is 997. The molecule has 0 heterocycles. The van der Waals surface area contributed by atoms with E-state index >= 15 is 0 Å². The Morgan fingerprint density at radius 1 is 0.667 bits per heavy atom. The van der Waals surface area contributed by atoms with Gasteiger partial charge in [0.15, 0.2) is 23.2 Å². The van der Waals surface area contributed by atoms with Crippen molar-refractivity contribution in [1.29, 1.82) is 0 Å². The normalized spacial score (nSPS) is 10.5. The molecule has 0 spiro atoms. The van der Waals surface area contributed by atoms with Gasteiger partial charge in [-0.2, -0.15) is 0 Å². The number of aryl methyl sites for hydroxylation is 1. The van der Waals surface area contributed by atoms with Gasteiger partial charge in [-0.3, -0.25) is 4.94 Å². The molecule has 3 aromatic rings. The predicted molar refractivity (Wildman–Crippen MR) is 89.3 cm³/mol. The summed E-state index contributed by atoms with van der Waals surface area (Å²) in [7, 11) is 0. The van der Waals surface area contributed by atoms with Gasteiger partial charge in [-0.15, -0.1) is 0 Å². The minimum absolute atomic E-state index is 0.304. The molecule has 160 valence electrons. The molecule has 3 aromatic carbocycles. The van der Waals surface area contributed by atoms with Crippen molar-refractivity contribution in [3.05, 3.63) is 88.2 Å². The first kappa shape index (κ1) is 23.1. The molecule has 0 atom stereocenters. The highest BCUT2D eigenvalue weighted by atomic mass is 19.3. The first-order valence-corrected chi connectivity index (χ1v) is 8.02. The standard InChI is InChI=1S/C14H9F5.C6H2F4O/c1-7-2-12(18)14(13(19)3-7)8-4-10(16)9(6-15)11(17)5-8;7-4-1-3(11-10)2-5(8)6(4)9/h2-5H,6H2,1H3;1-2H. The van der Waals surface area contributed by atoms with Gasteiger partial charge in [0.2, 0.25) is 0 Å². The van der Waals surface area contributed by atoms with Gasteiger partial charge in [-0.25, -0.2) is 35.1 Å². The largest absolute Gasteiger partial charge is 0.294 e. The van der Waals surface area contributed by atoms with Crippen molar-refractivity contribution < 1.29 is 44.6 Å². The van der Waals surface area contributed by atoms with Crippen LogP contribution in [0.25, 0.3) is 11.1 Å². The van der Waals surface area contributed by atoms with Crippen molar-refractivity contribution in [2.75, 3.05) is 0 Å². The lowest BCUT2D eigenvalue weighted by molar-refractivity contribution is -0.00711. The topological polar surface area (TPSA) is 9.23 Å². The summed E-state index contributed by atoms with van der Waals surface area (Å²) in [6.07, 6.45) is 0. The maximum atomic E-state index is 13.7. The molecule has 0 aromatic heterocycles. The number of benzene rings is 3. The van der Waals surface area contributed by atoms with Crippen LogP contribution in [0.2, 0.25) is 0 Å².